The molecule has 1 saturated heterocycles. The van der Waals surface area contributed by atoms with E-state index in [1.165, 1.54) is 0 Å². The third kappa shape index (κ3) is 3.90. The zero-order chi connectivity index (χ0) is 20.4. The molecule has 0 amide bonds. The van der Waals surface area contributed by atoms with Gasteiger partial charge in [-0.25, -0.2) is 13.5 Å². The van der Waals surface area contributed by atoms with Crippen molar-refractivity contribution in [2.75, 3.05) is 13.1 Å². The molecule has 2 aliphatic rings. The number of benzene rings is 1. The summed E-state index contributed by atoms with van der Waals surface area (Å²) in [5.41, 5.74) is 3.97. The number of nitrogens with zero attached hydrogens (tertiary/aromatic N) is 2. The van der Waals surface area contributed by atoms with Crippen molar-refractivity contribution in [3.8, 4) is 11.3 Å². The number of hydrogen-bond acceptors (Lipinski definition) is 4. The van der Waals surface area contributed by atoms with Crippen molar-refractivity contribution in [1.29, 1.82) is 0 Å². The van der Waals surface area contributed by atoms with Gasteiger partial charge in [-0.3, -0.25) is 4.79 Å². The number of H-pyrrole nitrogens is 1. The summed E-state index contributed by atoms with van der Waals surface area (Å²) in [6.07, 6.45) is 8.24. The lowest BCUT2D eigenvalue weighted by molar-refractivity contribution is 0.423. The van der Waals surface area contributed by atoms with Gasteiger partial charge in [-0.1, -0.05) is 31.9 Å². The topological polar surface area (TPSA) is 83.1 Å². The molecule has 0 radical (unpaired) electrons. The Balaban J connectivity index is 1.82. The molecule has 1 fully saturated rings. The summed E-state index contributed by atoms with van der Waals surface area (Å²) >= 11 is 0. The molecule has 0 saturated carbocycles. The molecule has 29 heavy (non-hydrogen) atoms. The van der Waals surface area contributed by atoms with E-state index in [9.17, 15) is 13.2 Å². The van der Waals surface area contributed by atoms with E-state index in [0.717, 1.165) is 73.6 Å². The smallest absolute Gasteiger partial charge is 0.267 e. The average molecular weight is 416 g/mol. The van der Waals surface area contributed by atoms with Crippen molar-refractivity contribution in [1.82, 2.24) is 14.5 Å². The molecule has 6 nitrogen and oxygen atoms in total. The van der Waals surface area contributed by atoms with Gasteiger partial charge in [-0.2, -0.15) is 9.40 Å². The number of sulfonamides is 1. The van der Waals surface area contributed by atoms with Crippen LogP contribution in [0.25, 0.3) is 11.3 Å². The number of hydrogen-bond donors (Lipinski definition) is 1. The van der Waals surface area contributed by atoms with Gasteiger partial charge in [0.05, 0.1) is 10.6 Å². The molecule has 1 aliphatic carbocycles. The van der Waals surface area contributed by atoms with Crippen LogP contribution in [-0.4, -0.2) is 36.0 Å². The average Bonchev–Trinajstić information content (AvgIpc) is 3.04. The first-order valence-electron chi connectivity index (χ1n) is 10.8. The summed E-state index contributed by atoms with van der Waals surface area (Å²) in [6.45, 7) is 3.15. The van der Waals surface area contributed by atoms with Crippen molar-refractivity contribution in [2.24, 2.45) is 0 Å². The molecule has 2 aromatic rings. The summed E-state index contributed by atoms with van der Waals surface area (Å²) in [7, 11) is -3.55. The van der Waals surface area contributed by atoms with Gasteiger partial charge in [0.25, 0.3) is 5.56 Å². The van der Waals surface area contributed by atoms with Crippen LogP contribution in [0.1, 0.15) is 62.1 Å². The zero-order valence-electron chi connectivity index (χ0n) is 17.0. The van der Waals surface area contributed by atoms with Crippen molar-refractivity contribution < 1.29 is 8.42 Å². The van der Waals surface area contributed by atoms with Crippen molar-refractivity contribution >= 4 is 10.0 Å². The SMILES string of the molecule is CCc1ccc(-c2n[nH]c(=O)c3c2CCCC3)cc1S(=O)(=O)N1CCCCCC1. The van der Waals surface area contributed by atoms with Gasteiger partial charge < -0.3 is 0 Å². The molecule has 0 spiro atoms. The van der Waals surface area contributed by atoms with Crippen LogP contribution in [0.5, 0.6) is 0 Å². The Morgan fingerprint density at radius 3 is 2.38 bits per heavy atom. The molecule has 1 N–H and O–H groups in total. The molecule has 1 aliphatic heterocycles. The van der Waals surface area contributed by atoms with Crippen LogP contribution in [0.4, 0.5) is 0 Å². The van der Waals surface area contributed by atoms with E-state index < -0.39 is 10.0 Å². The Labute approximate surface area is 172 Å². The van der Waals surface area contributed by atoms with Crippen LogP contribution in [0.2, 0.25) is 0 Å². The molecule has 2 heterocycles. The minimum Gasteiger partial charge on any atom is -0.268 e. The Morgan fingerprint density at radius 1 is 1.00 bits per heavy atom. The highest BCUT2D eigenvalue weighted by molar-refractivity contribution is 7.89. The van der Waals surface area contributed by atoms with Gasteiger partial charge in [0.2, 0.25) is 10.0 Å². The van der Waals surface area contributed by atoms with Crippen LogP contribution < -0.4 is 5.56 Å². The molecule has 156 valence electrons. The minimum absolute atomic E-state index is 0.119. The monoisotopic (exact) mass is 415 g/mol. The summed E-state index contributed by atoms with van der Waals surface area (Å²) < 4.78 is 28.6. The fourth-order valence-corrected chi connectivity index (χ4v) is 6.39. The van der Waals surface area contributed by atoms with E-state index in [-0.39, 0.29) is 5.56 Å². The number of nitrogens with one attached hydrogen (secondary N) is 1. The summed E-state index contributed by atoms with van der Waals surface area (Å²) in [5.74, 6) is 0. The summed E-state index contributed by atoms with van der Waals surface area (Å²) in [5, 5.41) is 6.94. The van der Waals surface area contributed by atoms with E-state index in [1.54, 1.807) is 10.4 Å². The lowest BCUT2D eigenvalue weighted by Gasteiger charge is -2.23. The van der Waals surface area contributed by atoms with Crippen LogP contribution in [0.15, 0.2) is 27.9 Å². The molecule has 0 bridgehead atoms. The Morgan fingerprint density at radius 2 is 1.69 bits per heavy atom. The van der Waals surface area contributed by atoms with Crippen molar-refractivity contribution in [3.05, 3.63) is 45.2 Å². The standard InChI is InChI=1S/C22H29N3O3S/c1-2-16-11-12-17(21-18-9-5-6-10-19(18)22(26)24-23-21)15-20(16)29(27,28)25-13-7-3-4-8-14-25/h11-12,15H,2-10,13-14H2,1H3,(H,24,26). The van der Waals surface area contributed by atoms with Gasteiger partial charge in [0.1, 0.15) is 0 Å². The number of fused-ring (bicyclic) bond motifs is 1. The number of aromatic amines is 1. The maximum absolute atomic E-state index is 13.5. The predicted octanol–water partition coefficient (Wildman–Crippen LogP) is 3.44. The molecule has 7 heteroatoms. The van der Waals surface area contributed by atoms with Crippen LogP contribution in [0, 0.1) is 0 Å². The highest BCUT2D eigenvalue weighted by Gasteiger charge is 2.28. The summed E-state index contributed by atoms with van der Waals surface area (Å²) in [6, 6.07) is 5.62. The fraction of sp³-hybridized carbons (Fsp3) is 0.545. The predicted molar refractivity (Wildman–Crippen MR) is 114 cm³/mol. The molecule has 0 unspecified atom stereocenters. The number of aryl methyl sites for hydroxylation is 1. The Kier molecular flexibility index (Phi) is 5.88. The first kappa shape index (κ1) is 20.3. The highest BCUT2D eigenvalue weighted by Crippen LogP contribution is 2.32. The van der Waals surface area contributed by atoms with Gasteiger partial charge in [0.15, 0.2) is 0 Å². The fourth-order valence-electron chi connectivity index (χ4n) is 4.55. The largest absolute Gasteiger partial charge is 0.268 e. The molecule has 1 aromatic heterocycles. The molecule has 1 aromatic carbocycles. The van der Waals surface area contributed by atoms with Gasteiger partial charge in [-0.15, -0.1) is 0 Å². The second-order valence-electron chi connectivity index (χ2n) is 8.06. The number of aromatic nitrogens is 2. The lowest BCUT2D eigenvalue weighted by Crippen LogP contribution is -2.32. The normalized spacial score (nSPS) is 18.2. The molecule has 4 rings (SSSR count). The maximum atomic E-state index is 13.5. The minimum atomic E-state index is -3.55. The van der Waals surface area contributed by atoms with Crippen LogP contribution in [0.3, 0.4) is 0 Å². The lowest BCUT2D eigenvalue weighted by atomic mass is 9.89. The quantitative estimate of drug-likeness (QED) is 0.829. The first-order valence-corrected chi connectivity index (χ1v) is 12.2. The van der Waals surface area contributed by atoms with Gasteiger partial charge in [0, 0.05) is 24.2 Å². The third-order valence-electron chi connectivity index (χ3n) is 6.20. The van der Waals surface area contributed by atoms with E-state index >= 15 is 0 Å². The first-order chi connectivity index (χ1) is 14.0. The van der Waals surface area contributed by atoms with Crippen LogP contribution in [-0.2, 0) is 29.3 Å². The zero-order valence-corrected chi connectivity index (χ0v) is 17.9. The highest BCUT2D eigenvalue weighted by atomic mass is 32.2. The maximum Gasteiger partial charge on any atom is 0.267 e. The third-order valence-corrected chi connectivity index (χ3v) is 8.18. The van der Waals surface area contributed by atoms with E-state index in [0.29, 0.717) is 30.1 Å². The van der Waals surface area contributed by atoms with E-state index in [1.807, 2.05) is 19.1 Å². The van der Waals surface area contributed by atoms with Gasteiger partial charge in [-0.05, 0) is 62.1 Å². The second-order valence-corrected chi connectivity index (χ2v) is 9.97. The van der Waals surface area contributed by atoms with Gasteiger partial charge >= 0.3 is 0 Å². The number of rotatable bonds is 4. The van der Waals surface area contributed by atoms with E-state index in [2.05, 4.69) is 10.2 Å². The second kappa shape index (κ2) is 8.40. The van der Waals surface area contributed by atoms with Crippen LogP contribution >= 0.6 is 0 Å². The van der Waals surface area contributed by atoms with Crippen molar-refractivity contribution in [3.63, 3.8) is 0 Å². The van der Waals surface area contributed by atoms with Crippen molar-refractivity contribution in [2.45, 2.75) is 69.6 Å². The molecule has 0 atom stereocenters. The Bertz CT molecular complexity index is 1050. The van der Waals surface area contributed by atoms with E-state index in [4.69, 9.17) is 0 Å². The molecular weight excluding hydrogens is 386 g/mol. The Hall–Kier alpha value is -1.99. The molecular formula is C22H29N3O3S. The summed E-state index contributed by atoms with van der Waals surface area (Å²) in [4.78, 5) is 12.6.